The summed E-state index contributed by atoms with van der Waals surface area (Å²) in [5.41, 5.74) is 9.24. The van der Waals surface area contributed by atoms with E-state index in [9.17, 15) is 24.6 Å². The number of aliphatic carboxylic acids is 1. The van der Waals surface area contributed by atoms with Crippen LogP contribution in [0.25, 0.3) is 33.4 Å². The van der Waals surface area contributed by atoms with Gasteiger partial charge in [0.15, 0.2) is 0 Å². The molecule has 4 aromatic rings. The van der Waals surface area contributed by atoms with Crippen LogP contribution in [0.5, 0.6) is 0 Å². The molecule has 16 nitrogen and oxygen atoms in total. The Morgan fingerprint density at radius 2 is 1.90 bits per heavy atom. The molecule has 2 amide bonds. The van der Waals surface area contributed by atoms with Crippen molar-refractivity contribution in [1.29, 1.82) is 0 Å². The Hall–Kier alpha value is -4.65. The SMILES string of the molecule is CCn1c(-c2cc(N3CCN4CCOC[C@@H]4C3)cnc2[C@H](C)OC)c(CC(C)(C)CO)c2cc(-c3csc(C[C@H](NC(=O)OC(C)(C)C)C(=O)N4CCC[C@@H](C(=O)O)N4)n3)ccc21. The molecule has 1 aromatic carbocycles. The van der Waals surface area contributed by atoms with Crippen molar-refractivity contribution in [1.82, 2.24) is 35.2 Å². The second-order valence-corrected chi connectivity index (χ2v) is 19.6. The van der Waals surface area contributed by atoms with Gasteiger partial charge in [-0.05, 0) is 83.1 Å². The maximum Gasteiger partial charge on any atom is 0.408 e. The van der Waals surface area contributed by atoms with Crippen LogP contribution in [-0.2, 0) is 43.2 Å². The van der Waals surface area contributed by atoms with Gasteiger partial charge in [0.2, 0.25) is 0 Å². The van der Waals surface area contributed by atoms with Crippen molar-refractivity contribution in [2.24, 2.45) is 5.41 Å². The first kappa shape index (κ1) is 46.3. The number of aromatic nitrogens is 3. The van der Waals surface area contributed by atoms with Gasteiger partial charge in [0.1, 0.15) is 17.7 Å². The summed E-state index contributed by atoms with van der Waals surface area (Å²) >= 11 is 1.38. The maximum atomic E-state index is 13.9. The molecular formula is C46H64N8O8S. The van der Waals surface area contributed by atoms with Crippen molar-refractivity contribution >= 4 is 45.9 Å². The second-order valence-electron chi connectivity index (χ2n) is 18.7. The van der Waals surface area contributed by atoms with Crippen molar-refractivity contribution in [2.45, 2.75) is 111 Å². The minimum Gasteiger partial charge on any atom is -0.480 e. The van der Waals surface area contributed by atoms with Crippen LogP contribution in [-0.4, -0.2) is 136 Å². The number of anilines is 1. The number of carboxylic acids is 1. The molecule has 0 aliphatic carbocycles. The number of aryl methyl sites for hydroxylation is 1. The van der Waals surface area contributed by atoms with E-state index in [1.165, 1.54) is 16.3 Å². The van der Waals surface area contributed by atoms with E-state index < -0.39 is 41.1 Å². The van der Waals surface area contributed by atoms with E-state index in [4.69, 9.17) is 24.2 Å². The number of nitrogens with zero attached hydrogens (tertiary/aromatic N) is 6. The number of benzene rings is 1. The number of aliphatic hydroxyl groups is 1. The largest absolute Gasteiger partial charge is 0.480 e. The smallest absolute Gasteiger partial charge is 0.408 e. The molecule has 0 spiro atoms. The molecule has 63 heavy (non-hydrogen) atoms. The molecule has 17 heteroatoms. The third-order valence-corrected chi connectivity index (χ3v) is 13.1. The Kier molecular flexibility index (Phi) is 14.1. The van der Waals surface area contributed by atoms with Crippen LogP contribution in [0.1, 0.15) is 83.7 Å². The first-order valence-corrected chi connectivity index (χ1v) is 23.0. The monoisotopic (exact) mass is 888 g/mol. The highest BCUT2D eigenvalue weighted by Crippen LogP contribution is 2.43. The third kappa shape index (κ3) is 10.5. The third-order valence-electron chi connectivity index (χ3n) is 12.2. The van der Waals surface area contributed by atoms with Gasteiger partial charge < -0.3 is 39.2 Å². The number of fused-ring (bicyclic) bond motifs is 2. The van der Waals surface area contributed by atoms with Gasteiger partial charge in [0.25, 0.3) is 5.91 Å². The van der Waals surface area contributed by atoms with E-state index in [0.29, 0.717) is 49.1 Å². The number of nitrogens with one attached hydrogen (secondary N) is 2. The fourth-order valence-electron chi connectivity index (χ4n) is 8.85. The summed E-state index contributed by atoms with van der Waals surface area (Å²) in [4.78, 5) is 53.8. The Balaban J connectivity index is 1.27. The Morgan fingerprint density at radius 3 is 2.62 bits per heavy atom. The normalized spacial score (nSPS) is 19.8. The predicted molar refractivity (Wildman–Crippen MR) is 243 cm³/mol. The van der Waals surface area contributed by atoms with Crippen LogP contribution in [0.2, 0.25) is 0 Å². The number of aliphatic hydroxyl groups excluding tert-OH is 1. The molecule has 0 bridgehead atoms. The van der Waals surface area contributed by atoms with Gasteiger partial charge >= 0.3 is 12.1 Å². The Labute approximate surface area is 373 Å². The van der Waals surface area contributed by atoms with Gasteiger partial charge in [-0.15, -0.1) is 11.3 Å². The van der Waals surface area contributed by atoms with Gasteiger partial charge in [-0.25, -0.2) is 15.2 Å². The van der Waals surface area contributed by atoms with Crippen molar-refractivity contribution in [2.75, 3.05) is 64.6 Å². The summed E-state index contributed by atoms with van der Waals surface area (Å²) in [6.45, 7) is 19.7. The topological polar surface area (TPSA) is 184 Å². The summed E-state index contributed by atoms with van der Waals surface area (Å²) in [6, 6.07) is 6.97. The Bertz CT molecular complexity index is 2290. The van der Waals surface area contributed by atoms with Crippen LogP contribution in [0.3, 0.4) is 0 Å². The second kappa shape index (κ2) is 19.2. The molecule has 3 aromatic heterocycles. The minimum absolute atomic E-state index is 0.00510. The van der Waals surface area contributed by atoms with Gasteiger partial charge in [-0.3, -0.25) is 24.5 Å². The molecule has 3 aliphatic rings. The maximum absolute atomic E-state index is 13.9. The number of methoxy groups -OCH3 is 1. The number of carbonyl (C=O) groups is 3. The average molecular weight is 889 g/mol. The molecule has 3 fully saturated rings. The van der Waals surface area contributed by atoms with Crippen molar-refractivity contribution in [3.63, 3.8) is 0 Å². The number of hydrazine groups is 1. The number of pyridine rings is 1. The zero-order valence-electron chi connectivity index (χ0n) is 37.9. The summed E-state index contributed by atoms with van der Waals surface area (Å²) in [6.07, 6.45) is 2.47. The summed E-state index contributed by atoms with van der Waals surface area (Å²) < 4.78 is 19.7. The van der Waals surface area contributed by atoms with Crippen molar-refractivity contribution in [3.05, 3.63) is 52.1 Å². The van der Waals surface area contributed by atoms with Crippen LogP contribution >= 0.6 is 11.3 Å². The highest BCUT2D eigenvalue weighted by molar-refractivity contribution is 7.10. The van der Waals surface area contributed by atoms with Crippen LogP contribution in [0.4, 0.5) is 10.5 Å². The average Bonchev–Trinajstić information content (AvgIpc) is 3.86. The van der Waals surface area contributed by atoms with E-state index in [1.807, 2.05) is 18.5 Å². The molecule has 4 N–H and O–H groups in total. The van der Waals surface area contributed by atoms with Crippen molar-refractivity contribution in [3.8, 4) is 22.5 Å². The first-order chi connectivity index (χ1) is 30.0. The first-order valence-electron chi connectivity index (χ1n) is 22.1. The summed E-state index contributed by atoms with van der Waals surface area (Å²) in [5.74, 6) is -1.52. The quantitative estimate of drug-likeness (QED) is 0.122. The zero-order valence-corrected chi connectivity index (χ0v) is 38.7. The molecule has 0 saturated carbocycles. The van der Waals surface area contributed by atoms with Gasteiger partial charge in [0.05, 0.1) is 59.3 Å². The fraction of sp³-hybridized carbons (Fsp3) is 0.587. The molecule has 7 rings (SSSR count). The molecule has 4 atom stereocenters. The number of morpholine rings is 1. The number of hydrogen-bond donors (Lipinski definition) is 4. The highest BCUT2D eigenvalue weighted by Gasteiger charge is 2.35. The number of carboxylic acid groups (broad SMARTS) is 1. The predicted octanol–water partition coefficient (Wildman–Crippen LogP) is 5.65. The van der Waals surface area contributed by atoms with E-state index >= 15 is 0 Å². The highest BCUT2D eigenvalue weighted by atomic mass is 32.1. The van der Waals surface area contributed by atoms with E-state index in [2.05, 4.69) is 70.1 Å². The lowest BCUT2D eigenvalue weighted by atomic mass is 9.84. The minimum atomic E-state index is -1.07. The standard InChI is InChI=1S/C46H64N8O8S/c1-9-53-38-13-12-29(37-26-63-39(48-37)21-36(49-44(59)62-45(3,4)5)42(56)54-14-10-11-35(50-54)43(57)58)19-32(38)34(22-46(6,7)27-55)41(53)33-20-30(23-47-40(33)28(2)60-8)52-16-15-51-17-18-61-25-31(51)24-52/h12-13,19-20,23,26,28,31,35-36,50,55H,9-11,14-18,21-22,24-25,27H2,1-8H3,(H,49,59)(H,57,58)/t28-,31-,35-,36-/m0/s1. The fourth-order valence-corrected chi connectivity index (χ4v) is 9.70. The zero-order chi connectivity index (χ0) is 45.2. The lowest BCUT2D eigenvalue weighted by Crippen LogP contribution is -2.60. The van der Waals surface area contributed by atoms with Crippen LogP contribution in [0.15, 0.2) is 35.8 Å². The van der Waals surface area contributed by atoms with Crippen LogP contribution < -0.4 is 15.6 Å². The molecule has 0 unspecified atom stereocenters. The lowest BCUT2D eigenvalue weighted by Gasteiger charge is -2.44. The van der Waals surface area contributed by atoms with E-state index in [1.54, 1.807) is 27.9 Å². The molecule has 0 radical (unpaired) electrons. The van der Waals surface area contributed by atoms with Crippen molar-refractivity contribution < 1.29 is 38.8 Å². The Morgan fingerprint density at radius 1 is 1.11 bits per heavy atom. The summed E-state index contributed by atoms with van der Waals surface area (Å²) in [5, 5.41) is 27.9. The molecule has 6 heterocycles. The number of amides is 2. The van der Waals surface area contributed by atoms with Gasteiger partial charge in [0, 0.05) is 86.8 Å². The number of thiazole rings is 1. The number of piperazine rings is 1. The molecule has 3 saturated heterocycles. The van der Waals surface area contributed by atoms with Gasteiger partial charge in [-0.1, -0.05) is 19.9 Å². The van der Waals surface area contributed by atoms with Gasteiger partial charge in [-0.2, -0.15) is 0 Å². The summed E-state index contributed by atoms with van der Waals surface area (Å²) in [7, 11) is 1.71. The number of hydrogen-bond acceptors (Lipinski definition) is 13. The van der Waals surface area contributed by atoms with Crippen LogP contribution in [0, 0.1) is 5.41 Å². The number of ether oxygens (including phenoxy) is 3. The molecule has 3 aliphatic heterocycles. The van der Waals surface area contributed by atoms with E-state index in [0.717, 1.165) is 84.1 Å². The molecule has 342 valence electrons. The molecular weight excluding hydrogens is 825 g/mol. The lowest BCUT2D eigenvalue weighted by molar-refractivity contribution is -0.147. The number of carbonyl (C=O) groups excluding carboxylic acids is 2. The van der Waals surface area contributed by atoms with E-state index in [-0.39, 0.29) is 19.1 Å². The number of alkyl carbamates (subject to hydrolysis) is 1. The number of rotatable bonds is 14.